The van der Waals surface area contributed by atoms with E-state index < -0.39 is 0 Å². The molecule has 1 amide bonds. The van der Waals surface area contributed by atoms with Crippen LogP contribution in [0.25, 0.3) is 0 Å². The predicted molar refractivity (Wildman–Crippen MR) is 69.0 cm³/mol. The van der Waals surface area contributed by atoms with Gasteiger partial charge in [-0.2, -0.15) is 0 Å². The van der Waals surface area contributed by atoms with Crippen molar-refractivity contribution < 1.29 is 14.6 Å². The smallest absolute Gasteiger partial charge is 0.253 e. The highest BCUT2D eigenvalue weighted by atomic mass is 35.5. The minimum Gasteiger partial charge on any atom is -0.508 e. The highest BCUT2D eigenvalue weighted by Crippen LogP contribution is 2.24. The van der Waals surface area contributed by atoms with Crippen molar-refractivity contribution in [2.75, 3.05) is 13.2 Å². The molecule has 0 spiro atoms. The molecule has 0 unspecified atom stereocenters. The van der Waals surface area contributed by atoms with Crippen molar-refractivity contribution in [3.8, 4) is 5.75 Å². The second kappa shape index (κ2) is 5.16. The molecule has 1 aliphatic heterocycles. The first-order chi connectivity index (χ1) is 8.50. The van der Waals surface area contributed by atoms with Crippen molar-refractivity contribution in [2.24, 2.45) is 0 Å². The molecule has 1 heterocycles. The minimum absolute atomic E-state index is 0.0293. The quantitative estimate of drug-likeness (QED) is 0.866. The van der Waals surface area contributed by atoms with E-state index >= 15 is 0 Å². The van der Waals surface area contributed by atoms with E-state index in [4.69, 9.17) is 16.3 Å². The number of ether oxygens (including phenoxy) is 1. The third-order valence-electron chi connectivity index (χ3n) is 3.21. The first-order valence-electron chi connectivity index (χ1n) is 5.89. The van der Waals surface area contributed by atoms with Gasteiger partial charge in [0, 0.05) is 18.8 Å². The SMILES string of the molecule is CC1(NC(=O)c2cc(O)ccc2Cl)CCOCC1. The van der Waals surface area contributed by atoms with Crippen LogP contribution in [0.2, 0.25) is 5.02 Å². The largest absolute Gasteiger partial charge is 0.508 e. The Morgan fingerprint density at radius 2 is 2.11 bits per heavy atom. The van der Waals surface area contributed by atoms with Crippen LogP contribution in [0.5, 0.6) is 5.75 Å². The Balaban J connectivity index is 2.14. The van der Waals surface area contributed by atoms with Gasteiger partial charge in [0.05, 0.1) is 10.6 Å². The van der Waals surface area contributed by atoms with Crippen LogP contribution >= 0.6 is 11.6 Å². The van der Waals surface area contributed by atoms with E-state index in [-0.39, 0.29) is 17.2 Å². The lowest BCUT2D eigenvalue weighted by Crippen LogP contribution is -2.49. The molecular weight excluding hydrogens is 254 g/mol. The van der Waals surface area contributed by atoms with Crippen molar-refractivity contribution in [1.29, 1.82) is 0 Å². The zero-order chi connectivity index (χ0) is 13.2. The molecule has 4 nitrogen and oxygen atoms in total. The Morgan fingerprint density at radius 1 is 1.44 bits per heavy atom. The van der Waals surface area contributed by atoms with Crippen LogP contribution in [0.1, 0.15) is 30.1 Å². The monoisotopic (exact) mass is 269 g/mol. The molecule has 0 aromatic heterocycles. The van der Waals surface area contributed by atoms with Gasteiger partial charge in [0.25, 0.3) is 5.91 Å². The summed E-state index contributed by atoms with van der Waals surface area (Å²) in [5.41, 5.74) is 0.0220. The molecule has 18 heavy (non-hydrogen) atoms. The highest BCUT2D eigenvalue weighted by Gasteiger charge is 2.29. The van der Waals surface area contributed by atoms with E-state index in [1.54, 1.807) is 0 Å². The number of hydrogen-bond donors (Lipinski definition) is 2. The molecule has 1 aliphatic rings. The number of rotatable bonds is 2. The number of phenols is 1. The first kappa shape index (κ1) is 13.2. The van der Waals surface area contributed by atoms with Gasteiger partial charge in [-0.3, -0.25) is 4.79 Å². The summed E-state index contributed by atoms with van der Waals surface area (Å²) in [6.07, 6.45) is 1.55. The van der Waals surface area contributed by atoms with Crippen molar-refractivity contribution >= 4 is 17.5 Å². The van der Waals surface area contributed by atoms with Gasteiger partial charge in [0.2, 0.25) is 0 Å². The second-order valence-corrected chi connectivity index (χ2v) is 5.20. The average Bonchev–Trinajstić information content (AvgIpc) is 2.32. The summed E-state index contributed by atoms with van der Waals surface area (Å²) in [6.45, 7) is 3.28. The van der Waals surface area contributed by atoms with E-state index in [2.05, 4.69) is 5.32 Å². The summed E-state index contributed by atoms with van der Waals surface area (Å²) < 4.78 is 5.28. The number of halogens is 1. The zero-order valence-electron chi connectivity index (χ0n) is 10.2. The van der Waals surface area contributed by atoms with Crippen LogP contribution in [0.4, 0.5) is 0 Å². The topological polar surface area (TPSA) is 58.6 Å². The van der Waals surface area contributed by atoms with E-state index in [0.717, 1.165) is 12.8 Å². The summed E-state index contributed by atoms with van der Waals surface area (Å²) >= 11 is 5.96. The molecular formula is C13H16ClNO3. The zero-order valence-corrected chi connectivity index (χ0v) is 11.0. The fourth-order valence-electron chi connectivity index (χ4n) is 1.98. The summed E-state index contributed by atoms with van der Waals surface area (Å²) in [5.74, 6) is -0.234. The maximum atomic E-state index is 12.1. The van der Waals surface area contributed by atoms with Gasteiger partial charge >= 0.3 is 0 Å². The molecule has 1 aromatic carbocycles. The highest BCUT2D eigenvalue weighted by molar-refractivity contribution is 6.33. The standard InChI is InChI=1S/C13H16ClNO3/c1-13(4-6-18-7-5-13)15-12(17)10-8-9(16)2-3-11(10)14/h2-3,8,16H,4-7H2,1H3,(H,15,17). The molecule has 2 N–H and O–H groups in total. The number of benzene rings is 1. The lowest BCUT2D eigenvalue weighted by Gasteiger charge is -2.34. The molecule has 0 radical (unpaired) electrons. The van der Waals surface area contributed by atoms with Gasteiger partial charge in [0.1, 0.15) is 5.75 Å². The molecule has 1 aromatic rings. The molecule has 0 aliphatic carbocycles. The lowest BCUT2D eigenvalue weighted by atomic mass is 9.92. The molecule has 98 valence electrons. The maximum absolute atomic E-state index is 12.1. The minimum atomic E-state index is -0.274. The predicted octanol–water partition coefficient (Wildman–Crippen LogP) is 2.34. The molecule has 1 saturated heterocycles. The molecule has 1 fully saturated rings. The van der Waals surface area contributed by atoms with Gasteiger partial charge in [0.15, 0.2) is 0 Å². The van der Waals surface area contributed by atoms with E-state index in [0.29, 0.717) is 23.8 Å². The fraction of sp³-hybridized carbons (Fsp3) is 0.462. The van der Waals surface area contributed by atoms with Crippen LogP contribution in [0.15, 0.2) is 18.2 Å². The van der Waals surface area contributed by atoms with Crippen molar-refractivity contribution in [1.82, 2.24) is 5.32 Å². The average molecular weight is 270 g/mol. The molecule has 5 heteroatoms. The van der Waals surface area contributed by atoms with Crippen LogP contribution in [0, 0.1) is 0 Å². The lowest BCUT2D eigenvalue weighted by molar-refractivity contribution is 0.0423. The molecule has 0 atom stereocenters. The number of carbonyl (C=O) groups is 1. The van der Waals surface area contributed by atoms with Crippen LogP contribution in [0.3, 0.4) is 0 Å². The van der Waals surface area contributed by atoms with Crippen molar-refractivity contribution in [3.63, 3.8) is 0 Å². The van der Waals surface area contributed by atoms with Gasteiger partial charge in [-0.05, 0) is 38.0 Å². The van der Waals surface area contributed by atoms with Crippen molar-refractivity contribution in [3.05, 3.63) is 28.8 Å². The first-order valence-corrected chi connectivity index (χ1v) is 6.27. The summed E-state index contributed by atoms with van der Waals surface area (Å²) in [4.78, 5) is 12.1. The van der Waals surface area contributed by atoms with Gasteiger partial charge < -0.3 is 15.2 Å². The van der Waals surface area contributed by atoms with Crippen LogP contribution in [-0.2, 0) is 4.74 Å². The second-order valence-electron chi connectivity index (χ2n) is 4.79. The third kappa shape index (κ3) is 2.94. The van der Waals surface area contributed by atoms with Gasteiger partial charge in [-0.1, -0.05) is 11.6 Å². The number of carbonyl (C=O) groups excluding carboxylic acids is 1. The Morgan fingerprint density at radius 3 is 2.78 bits per heavy atom. The molecule has 0 bridgehead atoms. The van der Waals surface area contributed by atoms with Crippen LogP contribution < -0.4 is 5.32 Å². The van der Waals surface area contributed by atoms with Crippen LogP contribution in [-0.4, -0.2) is 29.8 Å². The van der Waals surface area contributed by atoms with Gasteiger partial charge in [-0.15, -0.1) is 0 Å². The number of nitrogens with one attached hydrogen (secondary N) is 1. The Bertz CT molecular complexity index is 456. The van der Waals surface area contributed by atoms with E-state index in [1.165, 1.54) is 18.2 Å². The molecule has 0 saturated carbocycles. The Hall–Kier alpha value is -1.26. The van der Waals surface area contributed by atoms with E-state index in [9.17, 15) is 9.90 Å². The van der Waals surface area contributed by atoms with E-state index in [1.807, 2.05) is 6.92 Å². The number of hydrogen-bond acceptors (Lipinski definition) is 3. The summed E-state index contributed by atoms with van der Waals surface area (Å²) in [7, 11) is 0. The van der Waals surface area contributed by atoms with Crippen molar-refractivity contribution in [2.45, 2.75) is 25.3 Å². The number of aromatic hydroxyl groups is 1. The Kier molecular flexibility index (Phi) is 3.78. The summed E-state index contributed by atoms with van der Waals surface area (Å²) in [6, 6.07) is 4.34. The number of phenolic OH excluding ortho intramolecular Hbond substituents is 1. The van der Waals surface area contributed by atoms with Gasteiger partial charge in [-0.25, -0.2) is 0 Å². The maximum Gasteiger partial charge on any atom is 0.253 e. The Labute approximate surface area is 111 Å². The molecule has 2 rings (SSSR count). The fourth-order valence-corrected chi connectivity index (χ4v) is 2.18. The normalized spacial score (nSPS) is 18.3. The summed E-state index contributed by atoms with van der Waals surface area (Å²) in [5, 5.41) is 12.7. The third-order valence-corrected chi connectivity index (χ3v) is 3.54. The number of amides is 1.